The van der Waals surface area contributed by atoms with Gasteiger partial charge in [-0.3, -0.25) is 0 Å². The van der Waals surface area contributed by atoms with Crippen LogP contribution in [0, 0.1) is 5.82 Å². The number of guanidine groups is 1. The summed E-state index contributed by atoms with van der Waals surface area (Å²) in [5, 5.41) is 6.52. The molecule has 0 spiro atoms. The third-order valence-electron chi connectivity index (χ3n) is 5.36. The highest BCUT2D eigenvalue weighted by atomic mass is 127. The average molecular weight is 540 g/mol. The molecule has 1 fully saturated rings. The van der Waals surface area contributed by atoms with Crippen LogP contribution in [0.15, 0.2) is 47.6 Å². The molecule has 0 saturated carbocycles. The molecule has 1 aromatic carbocycles. The molecule has 170 valence electrons. The van der Waals surface area contributed by atoms with Crippen LogP contribution in [0.3, 0.4) is 0 Å². The largest absolute Gasteiger partial charge is 0.357 e. The lowest BCUT2D eigenvalue weighted by atomic mass is 10.1. The van der Waals surface area contributed by atoms with Crippen LogP contribution in [-0.4, -0.2) is 61.7 Å². The molecule has 0 unspecified atom stereocenters. The molecule has 3 rings (SSSR count). The third kappa shape index (κ3) is 7.92. The fraction of sp³-hybridized carbons (Fsp3) is 0.478. The first-order chi connectivity index (χ1) is 14.7. The molecule has 31 heavy (non-hydrogen) atoms. The first-order valence-electron chi connectivity index (χ1n) is 10.9. The Kier molecular flexibility index (Phi) is 11.0. The Bertz CT molecular complexity index is 806. The van der Waals surface area contributed by atoms with Crippen molar-refractivity contribution in [1.29, 1.82) is 0 Å². The van der Waals surface area contributed by atoms with E-state index in [0.717, 1.165) is 56.6 Å². The van der Waals surface area contributed by atoms with Crippen molar-refractivity contribution in [3.63, 3.8) is 0 Å². The summed E-state index contributed by atoms with van der Waals surface area (Å²) in [6, 6.07) is 11.1. The number of rotatable bonds is 8. The zero-order valence-electron chi connectivity index (χ0n) is 18.5. The normalized spacial score (nSPS) is 14.8. The zero-order chi connectivity index (χ0) is 21.2. The molecule has 0 radical (unpaired) electrons. The van der Waals surface area contributed by atoms with Gasteiger partial charge in [0.05, 0.1) is 6.54 Å². The number of aromatic nitrogens is 1. The molecule has 6 nitrogen and oxygen atoms in total. The number of halogens is 2. The van der Waals surface area contributed by atoms with Gasteiger partial charge in [-0.15, -0.1) is 24.0 Å². The van der Waals surface area contributed by atoms with Gasteiger partial charge in [0.1, 0.15) is 11.6 Å². The van der Waals surface area contributed by atoms with Gasteiger partial charge in [0.15, 0.2) is 5.96 Å². The number of piperazine rings is 1. The van der Waals surface area contributed by atoms with Crippen LogP contribution in [0.4, 0.5) is 10.2 Å². The van der Waals surface area contributed by atoms with Gasteiger partial charge in [0.2, 0.25) is 0 Å². The minimum absolute atomic E-state index is 0. The summed E-state index contributed by atoms with van der Waals surface area (Å²) in [4.78, 5) is 14.1. The molecule has 8 heteroatoms. The molecule has 1 aliphatic heterocycles. The van der Waals surface area contributed by atoms with Crippen LogP contribution < -0.4 is 15.5 Å². The lowest BCUT2D eigenvalue weighted by Crippen LogP contribution is -2.46. The van der Waals surface area contributed by atoms with Crippen molar-refractivity contribution in [3.05, 3.63) is 59.5 Å². The topological polar surface area (TPSA) is 55.8 Å². The van der Waals surface area contributed by atoms with Gasteiger partial charge in [-0.05, 0) is 43.1 Å². The van der Waals surface area contributed by atoms with Gasteiger partial charge in [-0.2, -0.15) is 0 Å². The summed E-state index contributed by atoms with van der Waals surface area (Å²) < 4.78 is 13.7. The summed E-state index contributed by atoms with van der Waals surface area (Å²) >= 11 is 0. The van der Waals surface area contributed by atoms with E-state index < -0.39 is 0 Å². The van der Waals surface area contributed by atoms with E-state index in [1.165, 1.54) is 6.07 Å². The highest BCUT2D eigenvalue weighted by molar-refractivity contribution is 14.0. The van der Waals surface area contributed by atoms with E-state index in [-0.39, 0.29) is 29.8 Å². The first-order valence-corrected chi connectivity index (χ1v) is 10.9. The smallest absolute Gasteiger partial charge is 0.191 e. The quantitative estimate of drug-likeness (QED) is 0.306. The molecule has 1 aromatic heterocycles. The Morgan fingerprint density at radius 1 is 1.06 bits per heavy atom. The van der Waals surface area contributed by atoms with Crippen LogP contribution in [-0.2, 0) is 13.0 Å². The second-order valence-electron chi connectivity index (χ2n) is 7.41. The average Bonchev–Trinajstić information content (AvgIpc) is 2.79. The Morgan fingerprint density at radius 3 is 2.48 bits per heavy atom. The summed E-state index contributed by atoms with van der Waals surface area (Å²) in [7, 11) is 0. The van der Waals surface area contributed by atoms with Gasteiger partial charge in [0.25, 0.3) is 0 Å². The minimum Gasteiger partial charge on any atom is -0.357 e. The SMILES string of the molecule is CCNC(=NCc1ccc(N2CCN(CC)CC2)nc1)NCCc1ccccc1F.I. The number of pyridine rings is 1. The van der Waals surface area contributed by atoms with Gasteiger partial charge < -0.3 is 20.4 Å². The van der Waals surface area contributed by atoms with Gasteiger partial charge >= 0.3 is 0 Å². The molecule has 2 N–H and O–H groups in total. The Balaban J connectivity index is 0.00000341. The van der Waals surface area contributed by atoms with Crippen molar-refractivity contribution in [1.82, 2.24) is 20.5 Å². The van der Waals surface area contributed by atoms with Crippen molar-refractivity contribution < 1.29 is 4.39 Å². The molecule has 1 aliphatic rings. The monoisotopic (exact) mass is 540 g/mol. The predicted octanol–water partition coefficient (Wildman–Crippen LogP) is 3.28. The lowest BCUT2D eigenvalue weighted by Gasteiger charge is -2.34. The van der Waals surface area contributed by atoms with E-state index in [1.807, 2.05) is 25.3 Å². The van der Waals surface area contributed by atoms with E-state index in [1.54, 1.807) is 6.07 Å². The molecule has 0 atom stereocenters. The summed E-state index contributed by atoms with van der Waals surface area (Å²) in [6.07, 6.45) is 2.52. The van der Waals surface area contributed by atoms with Gasteiger partial charge in [-0.25, -0.2) is 14.4 Å². The number of anilines is 1. The van der Waals surface area contributed by atoms with Crippen LogP contribution in [0.2, 0.25) is 0 Å². The molecule has 2 aromatic rings. The fourth-order valence-corrected chi connectivity index (χ4v) is 3.52. The van der Waals surface area contributed by atoms with E-state index in [4.69, 9.17) is 0 Å². The van der Waals surface area contributed by atoms with Crippen LogP contribution in [0.1, 0.15) is 25.0 Å². The molecular formula is C23H34FIN6. The van der Waals surface area contributed by atoms with E-state index >= 15 is 0 Å². The van der Waals surface area contributed by atoms with E-state index in [2.05, 4.69) is 49.5 Å². The number of nitrogens with zero attached hydrogens (tertiary/aromatic N) is 4. The summed E-state index contributed by atoms with van der Waals surface area (Å²) in [5.41, 5.74) is 1.78. The standard InChI is InChI=1S/C23H33FN6.HI/c1-3-25-23(26-12-11-20-7-5-6-8-21(20)24)28-18-19-9-10-22(27-17-19)30-15-13-29(4-2)14-16-30;/h5-10,17H,3-4,11-16,18H2,1-2H3,(H2,25,26,28);1H. The fourth-order valence-electron chi connectivity index (χ4n) is 3.52. The first kappa shape index (κ1) is 25.3. The van der Waals surface area contributed by atoms with Crippen LogP contribution in [0.5, 0.6) is 0 Å². The summed E-state index contributed by atoms with van der Waals surface area (Å²) in [6.45, 7) is 11.5. The molecule has 0 aliphatic carbocycles. The number of benzene rings is 1. The van der Waals surface area contributed by atoms with Crippen molar-refractivity contribution in [2.24, 2.45) is 4.99 Å². The number of hydrogen-bond acceptors (Lipinski definition) is 4. The van der Waals surface area contributed by atoms with Crippen molar-refractivity contribution in [3.8, 4) is 0 Å². The number of likely N-dealkylation sites (N-methyl/N-ethyl adjacent to an activating group) is 1. The third-order valence-corrected chi connectivity index (χ3v) is 5.36. The molecule has 1 saturated heterocycles. The molecule has 2 heterocycles. The Hall–Kier alpha value is -1.94. The molecule has 0 bridgehead atoms. The maximum Gasteiger partial charge on any atom is 0.191 e. The highest BCUT2D eigenvalue weighted by Gasteiger charge is 2.16. The second kappa shape index (κ2) is 13.5. The van der Waals surface area contributed by atoms with E-state index in [0.29, 0.717) is 25.1 Å². The van der Waals surface area contributed by atoms with Crippen LogP contribution >= 0.6 is 24.0 Å². The molecule has 0 amide bonds. The number of nitrogens with one attached hydrogen (secondary N) is 2. The van der Waals surface area contributed by atoms with Crippen LogP contribution in [0.25, 0.3) is 0 Å². The molecular weight excluding hydrogens is 506 g/mol. The van der Waals surface area contributed by atoms with Crippen molar-refractivity contribution in [2.75, 3.05) is 50.7 Å². The minimum atomic E-state index is -0.163. The lowest BCUT2D eigenvalue weighted by molar-refractivity contribution is 0.270. The maximum atomic E-state index is 13.7. The van der Waals surface area contributed by atoms with E-state index in [9.17, 15) is 4.39 Å². The van der Waals surface area contributed by atoms with Crippen molar-refractivity contribution >= 4 is 35.8 Å². The Morgan fingerprint density at radius 2 is 1.84 bits per heavy atom. The van der Waals surface area contributed by atoms with Gasteiger partial charge in [-0.1, -0.05) is 31.2 Å². The van der Waals surface area contributed by atoms with Gasteiger partial charge in [0, 0.05) is 45.5 Å². The summed E-state index contributed by atoms with van der Waals surface area (Å²) in [5.74, 6) is 1.60. The maximum absolute atomic E-state index is 13.7. The van der Waals surface area contributed by atoms with Crippen molar-refractivity contribution in [2.45, 2.75) is 26.8 Å². The Labute approximate surface area is 202 Å². The number of hydrogen-bond donors (Lipinski definition) is 2. The zero-order valence-corrected chi connectivity index (χ0v) is 20.8. The number of aliphatic imine (C=N–C) groups is 1. The predicted molar refractivity (Wildman–Crippen MR) is 137 cm³/mol. The second-order valence-corrected chi connectivity index (χ2v) is 7.41. The highest BCUT2D eigenvalue weighted by Crippen LogP contribution is 2.14.